The number of rotatable bonds is 0. The van der Waals surface area contributed by atoms with Crippen LogP contribution in [0.2, 0.25) is 0 Å². The molecule has 0 aromatic carbocycles. The zero-order valence-corrected chi connectivity index (χ0v) is 8.22. The molecule has 2 atom stereocenters. The molecule has 0 aromatic rings. The molecule has 2 unspecified atom stereocenters. The lowest BCUT2D eigenvalue weighted by molar-refractivity contribution is -0.208. The van der Waals surface area contributed by atoms with Crippen LogP contribution in [-0.2, 0) is 0 Å². The molecule has 1 nitrogen and oxygen atoms in total. The minimum Gasteiger partial charge on any atom is -0.316 e. The van der Waals surface area contributed by atoms with E-state index in [-0.39, 0.29) is 25.5 Å². The van der Waals surface area contributed by atoms with E-state index in [1.807, 2.05) is 0 Å². The second-order valence-corrected chi connectivity index (χ2v) is 3.99. The van der Waals surface area contributed by atoms with Gasteiger partial charge in [0.2, 0.25) is 5.92 Å². The lowest BCUT2D eigenvalue weighted by Gasteiger charge is -2.45. The Morgan fingerprint density at radius 1 is 0.929 bits per heavy atom. The first-order valence-electron chi connectivity index (χ1n) is 4.38. The molecule has 84 valence electrons. The zero-order valence-electron chi connectivity index (χ0n) is 7.40. The van der Waals surface area contributed by atoms with Crippen LogP contribution in [0.5, 0.6) is 0 Å². The minimum absolute atomic E-state index is 0. The van der Waals surface area contributed by atoms with E-state index in [4.69, 9.17) is 0 Å². The van der Waals surface area contributed by atoms with Crippen LogP contribution in [0.25, 0.3) is 0 Å². The highest BCUT2D eigenvalue weighted by Crippen LogP contribution is 2.50. The SMILES string of the molecule is Cl.FC1(F)CC2CNCC(C1)C2(F)F. The van der Waals surface area contributed by atoms with Gasteiger partial charge in [0, 0.05) is 37.8 Å². The van der Waals surface area contributed by atoms with E-state index in [0.29, 0.717) is 0 Å². The molecular weight excluding hydrogens is 222 g/mol. The molecule has 1 saturated carbocycles. The molecule has 0 radical (unpaired) electrons. The average Bonchev–Trinajstić information content (AvgIpc) is 1.93. The molecule has 1 aliphatic heterocycles. The van der Waals surface area contributed by atoms with Crippen molar-refractivity contribution in [2.75, 3.05) is 13.1 Å². The van der Waals surface area contributed by atoms with Crippen LogP contribution >= 0.6 is 12.4 Å². The van der Waals surface area contributed by atoms with Crippen LogP contribution in [-0.4, -0.2) is 24.9 Å². The smallest absolute Gasteiger partial charge is 0.256 e. The Morgan fingerprint density at radius 2 is 1.36 bits per heavy atom. The van der Waals surface area contributed by atoms with E-state index >= 15 is 0 Å². The highest BCUT2D eigenvalue weighted by Gasteiger charge is 2.59. The molecule has 2 fully saturated rings. The van der Waals surface area contributed by atoms with Crippen molar-refractivity contribution in [2.45, 2.75) is 24.7 Å². The monoisotopic (exact) mass is 233 g/mol. The Hall–Kier alpha value is -0.0300. The van der Waals surface area contributed by atoms with E-state index in [1.54, 1.807) is 0 Å². The normalized spacial score (nSPS) is 38.6. The largest absolute Gasteiger partial charge is 0.316 e. The van der Waals surface area contributed by atoms with Gasteiger partial charge in [-0.25, -0.2) is 17.6 Å². The lowest BCUT2D eigenvalue weighted by atomic mass is 9.73. The van der Waals surface area contributed by atoms with Gasteiger partial charge in [0.25, 0.3) is 5.92 Å². The summed E-state index contributed by atoms with van der Waals surface area (Å²) in [5.41, 5.74) is 0. The third-order valence-corrected chi connectivity index (χ3v) is 2.96. The lowest BCUT2D eigenvalue weighted by Crippen LogP contribution is -2.58. The molecule has 14 heavy (non-hydrogen) atoms. The van der Waals surface area contributed by atoms with E-state index < -0.39 is 36.5 Å². The Labute approximate surface area is 85.6 Å². The second-order valence-electron chi connectivity index (χ2n) is 3.99. The summed E-state index contributed by atoms with van der Waals surface area (Å²) in [5, 5.41) is 2.77. The molecule has 1 heterocycles. The molecule has 0 spiro atoms. The summed E-state index contributed by atoms with van der Waals surface area (Å²) in [6.07, 6.45) is -1.35. The molecule has 2 rings (SSSR count). The quantitative estimate of drug-likeness (QED) is 0.633. The van der Waals surface area contributed by atoms with Crippen molar-refractivity contribution >= 4 is 12.4 Å². The van der Waals surface area contributed by atoms with Crippen molar-refractivity contribution in [1.29, 1.82) is 0 Å². The van der Waals surface area contributed by atoms with Gasteiger partial charge < -0.3 is 5.32 Å². The summed E-state index contributed by atoms with van der Waals surface area (Å²) < 4.78 is 52.4. The van der Waals surface area contributed by atoms with Gasteiger partial charge in [0.1, 0.15) is 0 Å². The number of hydrogen-bond acceptors (Lipinski definition) is 1. The first-order valence-corrected chi connectivity index (χ1v) is 4.38. The van der Waals surface area contributed by atoms with Crippen LogP contribution < -0.4 is 5.32 Å². The second kappa shape index (κ2) is 3.52. The van der Waals surface area contributed by atoms with E-state index in [0.717, 1.165) is 0 Å². The first kappa shape index (κ1) is 12.0. The van der Waals surface area contributed by atoms with Gasteiger partial charge in [0.05, 0.1) is 0 Å². The molecular formula is C8H12ClF4N. The van der Waals surface area contributed by atoms with Crippen molar-refractivity contribution in [3.05, 3.63) is 0 Å². The molecule has 2 bridgehead atoms. The highest BCUT2D eigenvalue weighted by atomic mass is 35.5. The first-order chi connectivity index (χ1) is 5.92. The molecule has 1 aliphatic carbocycles. The Morgan fingerprint density at radius 3 is 1.79 bits per heavy atom. The number of alkyl halides is 4. The van der Waals surface area contributed by atoms with Gasteiger partial charge in [-0.05, 0) is 0 Å². The fourth-order valence-electron chi connectivity index (χ4n) is 2.26. The Balaban J connectivity index is 0.000000980. The molecule has 2 aliphatic rings. The summed E-state index contributed by atoms with van der Waals surface area (Å²) in [4.78, 5) is 0. The topological polar surface area (TPSA) is 12.0 Å². The van der Waals surface area contributed by atoms with Crippen LogP contribution in [0, 0.1) is 11.8 Å². The summed E-state index contributed by atoms with van der Waals surface area (Å²) in [5.74, 6) is -8.16. The van der Waals surface area contributed by atoms with E-state index in [9.17, 15) is 17.6 Å². The summed E-state index contributed by atoms with van der Waals surface area (Å²) >= 11 is 0. The summed E-state index contributed by atoms with van der Waals surface area (Å²) in [7, 11) is 0. The predicted molar refractivity (Wildman–Crippen MR) is 46.2 cm³/mol. The van der Waals surface area contributed by atoms with Crippen molar-refractivity contribution < 1.29 is 17.6 Å². The maximum absolute atomic E-state index is 13.3. The number of hydrogen-bond donors (Lipinski definition) is 1. The van der Waals surface area contributed by atoms with E-state index in [2.05, 4.69) is 5.32 Å². The standard InChI is InChI=1S/C8H11F4N.ClH/c9-7(10)1-5-3-13-4-6(2-7)8(5,11)12;/h5-6,13H,1-4H2;1H. The van der Waals surface area contributed by atoms with Gasteiger partial charge in [-0.3, -0.25) is 0 Å². The van der Waals surface area contributed by atoms with Crippen molar-refractivity contribution in [3.63, 3.8) is 0 Å². The Bertz CT molecular complexity index is 203. The molecule has 1 saturated heterocycles. The van der Waals surface area contributed by atoms with Gasteiger partial charge in [-0.1, -0.05) is 0 Å². The van der Waals surface area contributed by atoms with Crippen LogP contribution in [0.15, 0.2) is 0 Å². The number of fused-ring (bicyclic) bond motifs is 2. The summed E-state index contributed by atoms with van der Waals surface area (Å²) in [6, 6.07) is 0. The minimum atomic E-state index is -2.90. The maximum atomic E-state index is 13.3. The predicted octanol–water partition coefficient (Wildman–Crippen LogP) is 2.31. The zero-order chi connectivity index (χ0) is 9.69. The van der Waals surface area contributed by atoms with Crippen LogP contribution in [0.3, 0.4) is 0 Å². The van der Waals surface area contributed by atoms with Gasteiger partial charge in [-0.15, -0.1) is 12.4 Å². The molecule has 0 amide bonds. The third kappa shape index (κ3) is 1.84. The van der Waals surface area contributed by atoms with E-state index in [1.165, 1.54) is 0 Å². The van der Waals surface area contributed by atoms with Crippen molar-refractivity contribution in [1.82, 2.24) is 5.32 Å². The van der Waals surface area contributed by atoms with Crippen molar-refractivity contribution in [2.24, 2.45) is 11.8 Å². The third-order valence-electron chi connectivity index (χ3n) is 2.96. The Kier molecular flexibility index (Phi) is 3.03. The molecule has 1 N–H and O–H groups in total. The maximum Gasteiger partial charge on any atom is 0.256 e. The van der Waals surface area contributed by atoms with Gasteiger partial charge in [-0.2, -0.15) is 0 Å². The highest BCUT2D eigenvalue weighted by molar-refractivity contribution is 5.85. The van der Waals surface area contributed by atoms with Gasteiger partial charge in [0.15, 0.2) is 0 Å². The average molecular weight is 234 g/mol. The fraction of sp³-hybridized carbons (Fsp3) is 1.00. The van der Waals surface area contributed by atoms with Crippen LogP contribution in [0.1, 0.15) is 12.8 Å². The molecule has 6 heteroatoms. The van der Waals surface area contributed by atoms with Crippen LogP contribution in [0.4, 0.5) is 17.6 Å². The number of piperidine rings is 1. The van der Waals surface area contributed by atoms with Gasteiger partial charge >= 0.3 is 0 Å². The number of nitrogens with one attached hydrogen (secondary N) is 1. The van der Waals surface area contributed by atoms with Crippen molar-refractivity contribution in [3.8, 4) is 0 Å². The molecule has 0 aromatic heterocycles. The number of halogens is 5. The fourth-order valence-corrected chi connectivity index (χ4v) is 2.26. The summed E-state index contributed by atoms with van der Waals surface area (Å²) in [6.45, 7) is 0.0260.